The van der Waals surface area contributed by atoms with E-state index in [0.717, 1.165) is 10.7 Å². The fourth-order valence-corrected chi connectivity index (χ4v) is 2.55. The number of carbonyl (C=O) groups is 1. The molecule has 5 nitrogen and oxygen atoms in total. The van der Waals surface area contributed by atoms with E-state index in [1.54, 1.807) is 24.3 Å². The second-order valence-electron chi connectivity index (χ2n) is 4.51. The molecule has 1 unspecified atom stereocenters. The molecule has 1 amide bonds. The Balaban J connectivity index is 1.89. The minimum absolute atomic E-state index is 0.132. The van der Waals surface area contributed by atoms with Crippen LogP contribution in [0.15, 0.2) is 29.6 Å². The average molecular weight is 301 g/mol. The number of rotatable bonds is 5. The Labute approximate surface area is 127 Å². The molecule has 21 heavy (non-hydrogen) atoms. The Kier molecular flexibility index (Phi) is 4.90. The van der Waals surface area contributed by atoms with Crippen molar-refractivity contribution in [2.24, 2.45) is 0 Å². The summed E-state index contributed by atoms with van der Waals surface area (Å²) in [7, 11) is 0. The molecule has 0 bridgehead atoms. The molecular formula is C15H15N3O2S. The summed E-state index contributed by atoms with van der Waals surface area (Å²) in [6, 6.07) is 8.68. The number of amides is 1. The Bertz CT molecular complexity index is 676. The summed E-state index contributed by atoms with van der Waals surface area (Å²) in [5.41, 5.74) is 1.35. The molecule has 1 aromatic carbocycles. The second kappa shape index (κ2) is 6.86. The molecule has 0 aliphatic rings. The lowest BCUT2D eigenvalue weighted by molar-refractivity contribution is -0.123. The molecule has 1 aromatic heterocycles. The van der Waals surface area contributed by atoms with Gasteiger partial charge >= 0.3 is 0 Å². The zero-order valence-corrected chi connectivity index (χ0v) is 12.6. The number of nitrogens with zero attached hydrogens (tertiary/aromatic N) is 2. The number of nitriles is 1. The van der Waals surface area contributed by atoms with Gasteiger partial charge in [0.05, 0.1) is 11.6 Å². The zero-order valence-electron chi connectivity index (χ0n) is 11.8. The maximum absolute atomic E-state index is 11.9. The van der Waals surface area contributed by atoms with E-state index in [2.05, 4.69) is 10.3 Å². The lowest BCUT2D eigenvalue weighted by Gasteiger charge is -2.12. The summed E-state index contributed by atoms with van der Waals surface area (Å²) in [5.74, 6) is 0.163. The van der Waals surface area contributed by atoms with E-state index in [0.29, 0.717) is 11.3 Å². The summed E-state index contributed by atoms with van der Waals surface area (Å²) >= 11 is 1.51. The summed E-state index contributed by atoms with van der Waals surface area (Å²) in [6.07, 6.45) is 0. The molecular weight excluding hydrogens is 286 g/mol. The number of nitrogens with one attached hydrogen (secondary N) is 1. The topological polar surface area (TPSA) is 75.0 Å². The number of thiazole rings is 1. The van der Waals surface area contributed by atoms with Crippen LogP contribution in [0.1, 0.15) is 29.2 Å². The van der Waals surface area contributed by atoms with Crippen LogP contribution in [0.25, 0.3) is 0 Å². The quantitative estimate of drug-likeness (QED) is 0.921. The molecule has 1 heterocycles. The Morgan fingerprint density at radius 1 is 1.52 bits per heavy atom. The number of aromatic nitrogens is 1. The highest BCUT2D eigenvalue weighted by molar-refractivity contribution is 7.09. The standard InChI is InChI=1S/C15H15N3O2S/c1-10-9-21-15(17-10)11(2)18-14(19)8-20-13-6-4-3-5-12(13)7-16/h3-6,9,11H,8H2,1-2H3,(H,18,19). The maximum atomic E-state index is 11.9. The summed E-state index contributed by atoms with van der Waals surface area (Å²) in [4.78, 5) is 16.2. The van der Waals surface area contributed by atoms with Crippen LogP contribution in [0.2, 0.25) is 0 Å². The molecule has 0 radical (unpaired) electrons. The van der Waals surface area contributed by atoms with Gasteiger partial charge in [-0.3, -0.25) is 4.79 Å². The molecule has 0 saturated heterocycles. The van der Waals surface area contributed by atoms with Crippen molar-refractivity contribution in [2.45, 2.75) is 19.9 Å². The Morgan fingerprint density at radius 3 is 2.95 bits per heavy atom. The summed E-state index contributed by atoms with van der Waals surface area (Å²) < 4.78 is 5.38. The van der Waals surface area contributed by atoms with Crippen molar-refractivity contribution in [1.82, 2.24) is 10.3 Å². The van der Waals surface area contributed by atoms with Gasteiger partial charge in [-0.05, 0) is 26.0 Å². The van der Waals surface area contributed by atoms with E-state index >= 15 is 0 Å². The summed E-state index contributed by atoms with van der Waals surface area (Å²) in [6.45, 7) is 3.66. The van der Waals surface area contributed by atoms with E-state index in [1.807, 2.05) is 25.3 Å². The number of ether oxygens (including phenoxy) is 1. The highest BCUT2D eigenvalue weighted by Gasteiger charge is 2.13. The SMILES string of the molecule is Cc1csc(C(C)NC(=O)COc2ccccc2C#N)n1. The monoisotopic (exact) mass is 301 g/mol. The largest absolute Gasteiger partial charge is 0.482 e. The van der Waals surface area contributed by atoms with Crippen LogP contribution in [-0.4, -0.2) is 17.5 Å². The van der Waals surface area contributed by atoms with E-state index in [9.17, 15) is 4.79 Å². The van der Waals surface area contributed by atoms with Crippen LogP contribution in [-0.2, 0) is 4.79 Å². The minimum atomic E-state index is -0.247. The average Bonchev–Trinajstić information content (AvgIpc) is 2.92. The van der Waals surface area contributed by atoms with Crippen molar-refractivity contribution in [3.63, 3.8) is 0 Å². The molecule has 0 fully saturated rings. The third kappa shape index (κ3) is 4.04. The fraction of sp³-hybridized carbons (Fsp3) is 0.267. The van der Waals surface area contributed by atoms with E-state index in [1.165, 1.54) is 11.3 Å². The fourth-order valence-electron chi connectivity index (χ4n) is 1.74. The third-order valence-corrected chi connectivity index (χ3v) is 3.90. The highest BCUT2D eigenvalue weighted by atomic mass is 32.1. The molecule has 108 valence electrons. The molecule has 0 aliphatic carbocycles. The molecule has 1 N–H and O–H groups in total. The molecule has 2 rings (SSSR count). The van der Waals surface area contributed by atoms with Crippen molar-refractivity contribution in [3.8, 4) is 11.8 Å². The van der Waals surface area contributed by atoms with Crippen LogP contribution in [0.4, 0.5) is 0 Å². The van der Waals surface area contributed by atoms with Crippen LogP contribution < -0.4 is 10.1 Å². The van der Waals surface area contributed by atoms with Crippen LogP contribution >= 0.6 is 11.3 Å². The second-order valence-corrected chi connectivity index (χ2v) is 5.40. The van der Waals surface area contributed by atoms with Gasteiger partial charge in [0.25, 0.3) is 5.91 Å². The highest BCUT2D eigenvalue weighted by Crippen LogP contribution is 2.18. The van der Waals surface area contributed by atoms with Crippen molar-refractivity contribution < 1.29 is 9.53 Å². The van der Waals surface area contributed by atoms with E-state index < -0.39 is 0 Å². The van der Waals surface area contributed by atoms with Gasteiger partial charge in [0.2, 0.25) is 0 Å². The third-order valence-electron chi connectivity index (χ3n) is 2.75. The molecule has 0 aliphatic heterocycles. The van der Waals surface area contributed by atoms with Crippen LogP contribution in [0.5, 0.6) is 5.75 Å². The number of hydrogen-bond acceptors (Lipinski definition) is 5. The van der Waals surface area contributed by atoms with Crippen LogP contribution in [0, 0.1) is 18.3 Å². The first-order chi connectivity index (χ1) is 10.1. The van der Waals surface area contributed by atoms with Gasteiger partial charge < -0.3 is 10.1 Å². The number of para-hydroxylation sites is 1. The van der Waals surface area contributed by atoms with Crippen molar-refractivity contribution in [3.05, 3.63) is 45.9 Å². The van der Waals surface area contributed by atoms with E-state index in [4.69, 9.17) is 10.00 Å². The number of benzene rings is 1. The van der Waals surface area contributed by atoms with Crippen molar-refractivity contribution in [1.29, 1.82) is 5.26 Å². The first kappa shape index (κ1) is 15.0. The van der Waals surface area contributed by atoms with Crippen molar-refractivity contribution >= 4 is 17.2 Å². The van der Waals surface area contributed by atoms with Crippen LogP contribution in [0.3, 0.4) is 0 Å². The molecule has 0 spiro atoms. The van der Waals surface area contributed by atoms with Crippen molar-refractivity contribution in [2.75, 3.05) is 6.61 Å². The smallest absolute Gasteiger partial charge is 0.258 e. The Morgan fingerprint density at radius 2 is 2.29 bits per heavy atom. The predicted molar refractivity (Wildman–Crippen MR) is 80.1 cm³/mol. The number of hydrogen-bond donors (Lipinski definition) is 1. The van der Waals surface area contributed by atoms with Gasteiger partial charge in [-0.25, -0.2) is 4.98 Å². The summed E-state index contributed by atoms with van der Waals surface area (Å²) in [5, 5.41) is 14.6. The Hall–Kier alpha value is -2.39. The van der Waals surface area contributed by atoms with Gasteiger partial charge in [0, 0.05) is 11.1 Å². The number of aryl methyl sites for hydroxylation is 1. The lowest BCUT2D eigenvalue weighted by Crippen LogP contribution is -2.31. The predicted octanol–water partition coefficient (Wildman–Crippen LogP) is 2.58. The lowest BCUT2D eigenvalue weighted by atomic mass is 10.2. The van der Waals surface area contributed by atoms with Gasteiger partial charge in [0.15, 0.2) is 6.61 Å². The molecule has 0 saturated carbocycles. The first-order valence-electron chi connectivity index (χ1n) is 6.43. The normalized spacial score (nSPS) is 11.5. The van der Waals surface area contributed by atoms with Gasteiger partial charge in [-0.15, -0.1) is 11.3 Å². The van der Waals surface area contributed by atoms with Gasteiger partial charge in [-0.1, -0.05) is 12.1 Å². The number of carbonyl (C=O) groups excluding carboxylic acids is 1. The molecule has 2 aromatic rings. The zero-order chi connectivity index (χ0) is 15.2. The van der Waals surface area contributed by atoms with Gasteiger partial charge in [-0.2, -0.15) is 5.26 Å². The molecule has 1 atom stereocenters. The van der Waals surface area contributed by atoms with Gasteiger partial charge in [0.1, 0.15) is 16.8 Å². The first-order valence-corrected chi connectivity index (χ1v) is 7.31. The molecule has 6 heteroatoms. The minimum Gasteiger partial charge on any atom is -0.482 e. The van der Waals surface area contributed by atoms with E-state index in [-0.39, 0.29) is 18.6 Å². The maximum Gasteiger partial charge on any atom is 0.258 e.